The number of hydrogen-bond donors (Lipinski definition) is 2. The van der Waals surface area contributed by atoms with Crippen LogP contribution in [0, 0.1) is 0 Å². The van der Waals surface area contributed by atoms with E-state index in [0.717, 1.165) is 12.1 Å². The molecule has 0 amide bonds. The van der Waals surface area contributed by atoms with E-state index in [4.69, 9.17) is 9.84 Å². The van der Waals surface area contributed by atoms with E-state index in [1.54, 1.807) is 0 Å². The highest BCUT2D eigenvalue weighted by Gasteiger charge is 2.34. The lowest BCUT2D eigenvalue weighted by atomic mass is 10.2. The van der Waals surface area contributed by atoms with E-state index < -0.39 is 42.6 Å². The Labute approximate surface area is 101 Å². The summed E-state index contributed by atoms with van der Waals surface area (Å²) >= 11 is 0. The van der Waals surface area contributed by atoms with Crippen LogP contribution in [0.1, 0.15) is 12.0 Å². The maximum atomic E-state index is 12.5. The van der Waals surface area contributed by atoms with Gasteiger partial charge < -0.3 is 14.9 Å². The Morgan fingerprint density at radius 2 is 1.94 bits per heavy atom. The largest absolute Gasteiger partial charge is 0.490 e. The van der Waals surface area contributed by atoms with E-state index in [1.165, 1.54) is 12.1 Å². The molecule has 0 bridgehead atoms. The molecule has 1 rings (SSSR count). The summed E-state index contributed by atoms with van der Waals surface area (Å²) in [5, 5.41) is 17.6. The molecule has 0 aliphatic heterocycles. The van der Waals surface area contributed by atoms with E-state index in [0.29, 0.717) is 0 Å². The van der Waals surface area contributed by atoms with Crippen LogP contribution >= 0.6 is 0 Å². The number of alkyl halides is 3. The third-order valence-electron chi connectivity index (χ3n) is 2.03. The molecule has 100 valence electrons. The van der Waals surface area contributed by atoms with Crippen molar-refractivity contribution >= 4 is 5.97 Å². The zero-order valence-corrected chi connectivity index (χ0v) is 9.15. The van der Waals surface area contributed by atoms with E-state index in [1.807, 2.05) is 0 Å². The number of carboxylic acids is 1. The average Bonchev–Trinajstić information content (AvgIpc) is 2.24. The van der Waals surface area contributed by atoms with Crippen LogP contribution in [-0.4, -0.2) is 28.9 Å². The normalized spacial score (nSPS) is 13.1. The minimum absolute atomic E-state index is 0.436. The maximum absolute atomic E-state index is 12.5. The summed E-state index contributed by atoms with van der Waals surface area (Å²) in [5.74, 6) is -1.69. The van der Waals surface area contributed by atoms with Gasteiger partial charge in [-0.1, -0.05) is 12.1 Å². The van der Waals surface area contributed by atoms with Crippen LogP contribution in [0.5, 0.6) is 5.75 Å². The Hall–Kier alpha value is -1.76. The van der Waals surface area contributed by atoms with Crippen molar-refractivity contribution in [1.82, 2.24) is 0 Å². The molecule has 0 aromatic heterocycles. The molecule has 0 saturated carbocycles. The molecule has 4 nitrogen and oxygen atoms in total. The minimum atomic E-state index is -4.56. The summed E-state index contributed by atoms with van der Waals surface area (Å²) in [7, 11) is 0. The maximum Gasteiger partial charge on any atom is 0.419 e. The lowest BCUT2D eigenvalue weighted by molar-refractivity contribution is -0.141. The van der Waals surface area contributed by atoms with Crippen molar-refractivity contribution in [3.8, 4) is 5.75 Å². The summed E-state index contributed by atoms with van der Waals surface area (Å²) < 4.78 is 42.4. The molecule has 0 spiro atoms. The van der Waals surface area contributed by atoms with Crippen molar-refractivity contribution in [2.75, 3.05) is 6.61 Å². The smallest absolute Gasteiger partial charge is 0.419 e. The Bertz CT molecular complexity index is 417. The monoisotopic (exact) mass is 264 g/mol. The topological polar surface area (TPSA) is 66.8 Å². The van der Waals surface area contributed by atoms with Crippen molar-refractivity contribution < 1.29 is 32.9 Å². The van der Waals surface area contributed by atoms with Crippen molar-refractivity contribution in [2.45, 2.75) is 18.7 Å². The van der Waals surface area contributed by atoms with Gasteiger partial charge in [-0.05, 0) is 12.1 Å². The number of halogens is 3. The number of rotatable bonds is 5. The minimum Gasteiger partial charge on any atom is -0.490 e. The number of ether oxygens (including phenoxy) is 1. The van der Waals surface area contributed by atoms with Gasteiger partial charge in [-0.15, -0.1) is 0 Å². The van der Waals surface area contributed by atoms with Crippen molar-refractivity contribution in [1.29, 1.82) is 0 Å². The first kappa shape index (κ1) is 14.3. The third kappa shape index (κ3) is 4.25. The van der Waals surface area contributed by atoms with Crippen LogP contribution in [0.2, 0.25) is 0 Å². The molecular formula is C11H11F3O4. The van der Waals surface area contributed by atoms with Gasteiger partial charge in [0.15, 0.2) is 0 Å². The number of benzene rings is 1. The molecule has 0 fully saturated rings. The Balaban J connectivity index is 2.71. The Morgan fingerprint density at radius 3 is 2.50 bits per heavy atom. The van der Waals surface area contributed by atoms with Crippen LogP contribution in [0.25, 0.3) is 0 Å². The van der Waals surface area contributed by atoms with Crippen LogP contribution in [0.15, 0.2) is 24.3 Å². The second-order valence-corrected chi connectivity index (χ2v) is 3.56. The van der Waals surface area contributed by atoms with Crippen LogP contribution < -0.4 is 4.74 Å². The van der Waals surface area contributed by atoms with Gasteiger partial charge in [-0.3, -0.25) is 4.79 Å². The Kier molecular flexibility index (Phi) is 4.55. The zero-order chi connectivity index (χ0) is 13.8. The fourth-order valence-corrected chi connectivity index (χ4v) is 1.27. The summed E-state index contributed by atoms with van der Waals surface area (Å²) in [4.78, 5) is 10.3. The summed E-state index contributed by atoms with van der Waals surface area (Å²) in [6, 6.07) is 4.52. The van der Waals surface area contributed by atoms with Crippen molar-refractivity contribution in [2.24, 2.45) is 0 Å². The van der Waals surface area contributed by atoms with Crippen LogP contribution in [0.4, 0.5) is 13.2 Å². The van der Waals surface area contributed by atoms with Gasteiger partial charge in [0.2, 0.25) is 0 Å². The van der Waals surface area contributed by atoms with E-state index in [2.05, 4.69) is 0 Å². The fourth-order valence-electron chi connectivity index (χ4n) is 1.27. The fraction of sp³-hybridized carbons (Fsp3) is 0.364. The van der Waals surface area contributed by atoms with Gasteiger partial charge in [0.25, 0.3) is 0 Å². The molecule has 0 aliphatic carbocycles. The molecule has 0 aliphatic rings. The highest BCUT2D eigenvalue weighted by atomic mass is 19.4. The molecular weight excluding hydrogens is 253 g/mol. The highest BCUT2D eigenvalue weighted by Crippen LogP contribution is 2.35. The van der Waals surface area contributed by atoms with Crippen molar-refractivity contribution in [3.63, 3.8) is 0 Å². The molecule has 2 N–H and O–H groups in total. The van der Waals surface area contributed by atoms with Crippen molar-refractivity contribution in [3.05, 3.63) is 29.8 Å². The summed E-state index contributed by atoms with van der Waals surface area (Å²) in [5.41, 5.74) is -0.965. The lowest BCUT2D eigenvalue weighted by Gasteiger charge is -2.15. The average molecular weight is 264 g/mol. The predicted molar refractivity (Wildman–Crippen MR) is 55.2 cm³/mol. The molecule has 1 unspecified atom stereocenters. The first-order valence-corrected chi connectivity index (χ1v) is 4.99. The Morgan fingerprint density at radius 1 is 1.33 bits per heavy atom. The quantitative estimate of drug-likeness (QED) is 0.852. The van der Waals surface area contributed by atoms with Gasteiger partial charge in [0, 0.05) is 0 Å². The second-order valence-electron chi connectivity index (χ2n) is 3.56. The third-order valence-corrected chi connectivity index (χ3v) is 2.03. The standard InChI is InChI=1S/C11H11F3O4/c12-11(13,14)8-3-1-2-4-9(8)18-6-7(15)5-10(16)17/h1-4,7,15H,5-6H2,(H,16,17). The van der Waals surface area contributed by atoms with Gasteiger partial charge >= 0.3 is 12.1 Å². The number of hydrogen-bond acceptors (Lipinski definition) is 3. The lowest BCUT2D eigenvalue weighted by Crippen LogP contribution is -2.22. The molecule has 1 atom stereocenters. The molecule has 7 heteroatoms. The van der Waals surface area contributed by atoms with Crippen LogP contribution in [0.3, 0.4) is 0 Å². The number of para-hydroxylation sites is 1. The first-order chi connectivity index (χ1) is 8.30. The molecule has 0 radical (unpaired) electrons. The van der Waals surface area contributed by atoms with Gasteiger partial charge in [0.05, 0.1) is 18.1 Å². The van der Waals surface area contributed by atoms with E-state index in [-0.39, 0.29) is 0 Å². The van der Waals surface area contributed by atoms with Gasteiger partial charge in [-0.25, -0.2) is 0 Å². The van der Waals surface area contributed by atoms with E-state index in [9.17, 15) is 23.1 Å². The number of aliphatic carboxylic acids is 1. The van der Waals surface area contributed by atoms with Crippen LogP contribution in [-0.2, 0) is 11.0 Å². The van der Waals surface area contributed by atoms with Gasteiger partial charge in [-0.2, -0.15) is 13.2 Å². The molecule has 0 heterocycles. The highest BCUT2D eigenvalue weighted by molar-refractivity contribution is 5.67. The number of aliphatic hydroxyl groups excluding tert-OH is 1. The number of carbonyl (C=O) groups is 1. The SMILES string of the molecule is O=C(O)CC(O)COc1ccccc1C(F)(F)F. The zero-order valence-electron chi connectivity index (χ0n) is 9.15. The molecule has 1 aromatic carbocycles. The van der Waals surface area contributed by atoms with E-state index >= 15 is 0 Å². The molecule has 1 aromatic rings. The molecule has 0 saturated heterocycles. The first-order valence-electron chi connectivity index (χ1n) is 4.99. The van der Waals surface area contributed by atoms with Gasteiger partial charge in [0.1, 0.15) is 12.4 Å². The molecule has 18 heavy (non-hydrogen) atoms. The predicted octanol–water partition coefficient (Wildman–Crippen LogP) is 1.92. The number of carboxylic acid groups (broad SMARTS) is 1. The second kappa shape index (κ2) is 5.72. The summed E-state index contributed by atoms with van der Waals surface area (Å²) in [6.07, 6.45) is -6.51. The number of aliphatic hydroxyl groups is 1. The summed E-state index contributed by atoms with van der Waals surface area (Å²) in [6.45, 7) is -0.514.